The topological polar surface area (TPSA) is 43.6 Å². The first kappa shape index (κ1) is 31.0. The summed E-state index contributed by atoms with van der Waals surface area (Å²) in [6, 6.07) is 62.4. The highest BCUT2D eigenvalue weighted by Gasteiger charge is 2.22. The van der Waals surface area contributed by atoms with E-state index in [4.69, 9.17) is 21.8 Å². The van der Waals surface area contributed by atoms with Gasteiger partial charge in [-0.05, 0) is 63.7 Å². The Balaban J connectivity index is 1.18. The van der Waals surface area contributed by atoms with Crippen molar-refractivity contribution in [1.29, 1.82) is 0 Å². The van der Waals surface area contributed by atoms with E-state index in [1.807, 2.05) is 60.7 Å². The van der Waals surface area contributed by atoms with E-state index in [9.17, 15) is 0 Å². The number of rotatable bonds is 7. The predicted octanol–water partition coefficient (Wildman–Crippen LogP) is 15.3. The number of fused-ring (bicyclic) bond motifs is 6. The monoisotopic (exact) mass is 813 g/mol. The highest BCUT2D eigenvalue weighted by Crippen LogP contribution is 2.46. The summed E-state index contributed by atoms with van der Waals surface area (Å²) in [7, 11) is 0. The first-order valence-electron chi connectivity index (χ1n) is 22.9. The fraction of sp³-hybridized carbons (Fsp3) is 0. The number of thiophene rings is 1. The molecule has 5 heteroatoms. The molecule has 0 amide bonds. The zero-order chi connectivity index (χ0) is 45.3. The Kier molecular flexibility index (Phi) is 7.46. The second-order valence-electron chi connectivity index (χ2n) is 15.2. The zero-order valence-electron chi connectivity index (χ0n) is 38.1. The molecule has 0 unspecified atom stereocenters. The van der Waals surface area contributed by atoms with Crippen molar-refractivity contribution in [2.45, 2.75) is 0 Å². The van der Waals surface area contributed by atoms with E-state index in [-0.39, 0.29) is 23.5 Å². The highest BCUT2D eigenvalue weighted by molar-refractivity contribution is 7.26. The zero-order valence-corrected chi connectivity index (χ0v) is 33.9. The van der Waals surface area contributed by atoms with Crippen molar-refractivity contribution < 1.29 is 6.85 Å². The number of hydrogen-bond acceptors (Lipinski definition) is 4. The van der Waals surface area contributed by atoms with Gasteiger partial charge in [-0.1, -0.05) is 188 Å². The maximum atomic E-state index is 9.08. The number of benzene rings is 9. The minimum absolute atomic E-state index is 0.0180. The van der Waals surface area contributed by atoms with Crippen molar-refractivity contribution >= 4 is 53.3 Å². The molecule has 3 heterocycles. The summed E-state index contributed by atoms with van der Waals surface area (Å²) >= 11 is 1.65. The molecule has 12 rings (SSSR count). The standard InChI is InChI=1S/C57H36N4S/c1-4-17-37(18-5-1)38-31-33-40(34-32-38)44-27-16-30-52-53(44)48-35-42(61-50-28-14-12-24-45(50)46-25-13-15-29-51(46)61)36-49(54(48)62-52)57-59-55(41-21-8-3-9-22-41)58-56(60-57)47-26-11-10-23-43(47)39-19-6-2-7-20-39/h1-36H/i3D,8D,9D,21D,22D. The largest absolute Gasteiger partial charge is 0.309 e. The Morgan fingerprint density at radius 1 is 0.387 bits per heavy atom. The van der Waals surface area contributed by atoms with Gasteiger partial charge in [0.2, 0.25) is 0 Å². The average molecular weight is 814 g/mol. The van der Waals surface area contributed by atoms with Gasteiger partial charge in [0.1, 0.15) is 0 Å². The first-order chi connectivity index (χ1) is 32.8. The van der Waals surface area contributed by atoms with Crippen molar-refractivity contribution in [3.8, 4) is 73.2 Å². The van der Waals surface area contributed by atoms with Gasteiger partial charge in [0.15, 0.2) is 17.5 Å². The van der Waals surface area contributed by atoms with Crippen LogP contribution in [0.5, 0.6) is 0 Å². The molecule has 4 nitrogen and oxygen atoms in total. The van der Waals surface area contributed by atoms with Gasteiger partial charge in [-0.3, -0.25) is 0 Å². The van der Waals surface area contributed by atoms with Gasteiger partial charge in [0.05, 0.1) is 17.9 Å². The lowest BCUT2D eigenvalue weighted by atomic mass is 9.96. The molecule has 0 saturated heterocycles. The predicted molar refractivity (Wildman–Crippen MR) is 260 cm³/mol. The lowest BCUT2D eigenvalue weighted by Gasteiger charge is -2.14. The second-order valence-corrected chi connectivity index (χ2v) is 16.2. The van der Waals surface area contributed by atoms with Gasteiger partial charge in [-0.25, -0.2) is 15.0 Å². The first-order valence-corrected chi connectivity index (χ1v) is 21.3. The molecule has 9 aromatic carbocycles. The third-order valence-electron chi connectivity index (χ3n) is 11.6. The van der Waals surface area contributed by atoms with Crippen LogP contribution in [0.1, 0.15) is 6.85 Å². The number of para-hydroxylation sites is 2. The van der Waals surface area contributed by atoms with Gasteiger partial charge >= 0.3 is 0 Å². The maximum absolute atomic E-state index is 9.08. The van der Waals surface area contributed by atoms with Crippen molar-refractivity contribution in [3.05, 3.63) is 218 Å². The van der Waals surface area contributed by atoms with Gasteiger partial charge in [0.25, 0.3) is 0 Å². The van der Waals surface area contributed by atoms with Crippen LogP contribution in [0.3, 0.4) is 0 Å². The Bertz CT molecular complexity index is 3840. The molecule has 0 atom stereocenters. The molecular formula is C57H36N4S. The molecule has 0 aliphatic carbocycles. The van der Waals surface area contributed by atoms with E-state index in [0.717, 1.165) is 86.6 Å². The molecule has 290 valence electrons. The summed E-state index contributed by atoms with van der Waals surface area (Å²) in [5, 5.41) is 4.34. The Morgan fingerprint density at radius 2 is 0.919 bits per heavy atom. The van der Waals surface area contributed by atoms with Crippen LogP contribution in [0.2, 0.25) is 0 Å². The Morgan fingerprint density at radius 3 is 1.63 bits per heavy atom. The van der Waals surface area contributed by atoms with E-state index in [2.05, 4.69) is 132 Å². The van der Waals surface area contributed by atoms with Gasteiger partial charge < -0.3 is 4.57 Å². The van der Waals surface area contributed by atoms with Crippen LogP contribution in [0.15, 0.2) is 218 Å². The molecular weight excluding hydrogens is 773 g/mol. The Hall–Kier alpha value is -7.99. The van der Waals surface area contributed by atoms with Crippen LogP contribution >= 0.6 is 11.3 Å². The third-order valence-corrected chi connectivity index (χ3v) is 12.8. The van der Waals surface area contributed by atoms with Crippen LogP contribution in [0.25, 0.3) is 115 Å². The summed E-state index contributed by atoms with van der Waals surface area (Å²) in [4.78, 5) is 15.4. The third kappa shape index (κ3) is 6.09. The fourth-order valence-corrected chi connectivity index (χ4v) is 9.98. The van der Waals surface area contributed by atoms with E-state index in [1.54, 1.807) is 11.3 Å². The van der Waals surface area contributed by atoms with Crippen molar-refractivity contribution in [2.24, 2.45) is 0 Å². The SMILES string of the molecule is [2H]c1c([2H])c([2H])c(-c2nc(-c3ccccc3-c3ccccc3)nc(-c3cc(-n4c5ccccc5c5ccccc54)cc4c3sc3cccc(-c5ccc(-c6ccccc6)cc5)c34)n2)c([2H])c1[2H]. The molecule has 12 aromatic rings. The molecule has 0 bridgehead atoms. The minimum Gasteiger partial charge on any atom is -0.309 e. The van der Waals surface area contributed by atoms with Crippen molar-refractivity contribution in [1.82, 2.24) is 19.5 Å². The lowest BCUT2D eigenvalue weighted by Crippen LogP contribution is -2.02. The molecule has 0 N–H and O–H groups in total. The van der Waals surface area contributed by atoms with Crippen LogP contribution in [-0.2, 0) is 0 Å². The van der Waals surface area contributed by atoms with Crippen LogP contribution in [-0.4, -0.2) is 19.5 Å². The van der Waals surface area contributed by atoms with E-state index < -0.39 is 18.1 Å². The van der Waals surface area contributed by atoms with E-state index in [1.165, 1.54) is 0 Å². The second kappa shape index (κ2) is 14.9. The van der Waals surface area contributed by atoms with E-state index in [0.29, 0.717) is 17.2 Å². The number of aromatic nitrogens is 4. The molecule has 0 radical (unpaired) electrons. The summed E-state index contributed by atoms with van der Waals surface area (Å²) in [5.41, 5.74) is 10.6. The molecule has 3 aromatic heterocycles. The van der Waals surface area contributed by atoms with Crippen LogP contribution in [0, 0.1) is 0 Å². The van der Waals surface area contributed by atoms with Gasteiger partial charge in [-0.2, -0.15) is 0 Å². The normalized spacial score (nSPS) is 12.7. The molecule has 0 fully saturated rings. The Labute approximate surface area is 369 Å². The van der Waals surface area contributed by atoms with Crippen molar-refractivity contribution in [3.63, 3.8) is 0 Å². The number of nitrogens with zero attached hydrogens (tertiary/aromatic N) is 4. The smallest absolute Gasteiger partial charge is 0.165 e. The summed E-state index contributed by atoms with van der Waals surface area (Å²) in [6.45, 7) is 0. The molecule has 0 aliphatic heterocycles. The van der Waals surface area contributed by atoms with Crippen LogP contribution < -0.4 is 0 Å². The summed E-state index contributed by atoms with van der Waals surface area (Å²) < 4.78 is 48.2. The molecule has 0 aliphatic rings. The quantitative estimate of drug-likeness (QED) is 0.161. The van der Waals surface area contributed by atoms with Gasteiger partial charge in [0, 0.05) is 53.3 Å². The average Bonchev–Trinajstić information content (AvgIpc) is 3.94. The van der Waals surface area contributed by atoms with Crippen molar-refractivity contribution in [2.75, 3.05) is 0 Å². The highest BCUT2D eigenvalue weighted by atomic mass is 32.1. The number of hydrogen-bond donors (Lipinski definition) is 0. The van der Waals surface area contributed by atoms with E-state index >= 15 is 0 Å². The molecule has 62 heavy (non-hydrogen) atoms. The maximum Gasteiger partial charge on any atom is 0.165 e. The summed E-state index contributed by atoms with van der Waals surface area (Å²) in [6.07, 6.45) is 0. The molecule has 0 spiro atoms. The molecule has 0 saturated carbocycles. The minimum atomic E-state index is -0.487. The lowest BCUT2D eigenvalue weighted by molar-refractivity contribution is 1.07. The fourth-order valence-electron chi connectivity index (χ4n) is 8.76. The summed E-state index contributed by atoms with van der Waals surface area (Å²) in [5.74, 6) is 0.597. The van der Waals surface area contributed by atoms with Crippen LogP contribution in [0.4, 0.5) is 0 Å². The van der Waals surface area contributed by atoms with Gasteiger partial charge in [-0.15, -0.1) is 11.3 Å².